The van der Waals surface area contributed by atoms with E-state index in [0.29, 0.717) is 13.0 Å². The van der Waals surface area contributed by atoms with Crippen LogP contribution in [0.15, 0.2) is 84.9 Å². The minimum Gasteiger partial charge on any atom is -0.496 e. The highest BCUT2D eigenvalue weighted by Gasteiger charge is 2.50. The summed E-state index contributed by atoms with van der Waals surface area (Å²) in [6.07, 6.45) is 7.60. The van der Waals surface area contributed by atoms with Crippen LogP contribution in [0.2, 0.25) is 5.04 Å². The van der Waals surface area contributed by atoms with Gasteiger partial charge in [0.15, 0.2) is 5.66 Å². The molecule has 0 aliphatic carbocycles. The first-order valence-corrected chi connectivity index (χ1v) is 20.4. The molecule has 0 bridgehead atoms. The highest BCUT2D eigenvalue weighted by Crippen LogP contribution is 2.53. The molecule has 0 aromatic heterocycles. The second kappa shape index (κ2) is 18.7. The Balaban J connectivity index is 1.99. The molecule has 0 saturated carbocycles. The van der Waals surface area contributed by atoms with Gasteiger partial charge in [-0.2, -0.15) is 0 Å². The maximum absolute atomic E-state index is 13.1. The molecular weight excluding hydrogens is 655 g/mol. The van der Waals surface area contributed by atoms with Gasteiger partial charge in [0.1, 0.15) is 11.5 Å². The molecule has 0 aliphatic heterocycles. The van der Waals surface area contributed by atoms with Gasteiger partial charge in [0.25, 0.3) is 8.32 Å². The Morgan fingerprint density at radius 3 is 1.76 bits per heavy atom. The van der Waals surface area contributed by atoms with Crippen LogP contribution in [-0.4, -0.2) is 55.5 Å². The molecule has 3 rings (SSSR count). The Kier molecular flexibility index (Phi) is 15.3. The zero-order valence-electron chi connectivity index (χ0n) is 30.7. The van der Waals surface area contributed by atoms with E-state index in [1.165, 1.54) is 31.7 Å². The largest absolute Gasteiger partial charge is 0.496 e. The van der Waals surface area contributed by atoms with Crippen molar-refractivity contribution in [3.63, 3.8) is 0 Å². The number of unbranched alkanes of at least 4 members (excludes halogenated alkanes) is 1. The summed E-state index contributed by atoms with van der Waals surface area (Å²) >= 11 is 0. The first-order valence-electron chi connectivity index (χ1n) is 16.9. The van der Waals surface area contributed by atoms with Crippen LogP contribution < -0.4 is 19.8 Å². The molecule has 0 radical (unpaired) electrons. The minimum atomic E-state index is -3.68. The summed E-state index contributed by atoms with van der Waals surface area (Å²) in [5.74, 6) is 0.913. The van der Waals surface area contributed by atoms with Crippen molar-refractivity contribution in [3.8, 4) is 11.5 Å². The van der Waals surface area contributed by atoms with Crippen molar-refractivity contribution in [1.29, 1.82) is 0 Å². The van der Waals surface area contributed by atoms with Crippen molar-refractivity contribution < 1.29 is 37.0 Å². The van der Waals surface area contributed by atoms with E-state index in [9.17, 15) is 9.36 Å². The zero-order valence-corrected chi connectivity index (χ0v) is 32.6. The Morgan fingerprint density at radius 1 is 0.816 bits per heavy atom. The molecule has 8 nitrogen and oxygen atoms in total. The standard InChI is InChI=1S/C39H55O8PSi/c1-10-11-20-31(21-18-19-26-36(38(40)44-7)48(41,45-8)46-9)37-34(42-5)27-30(28-35(37)43-6)29-47-49(39(2,3)4,32-22-14-12-15-23-32)33-24-16-13-17-25-33/h12-19,22-25,27-28,31,36H,10-11,20-21,26,29H2,1-9H3/b19-18+/t31-,36?/m0/s1. The van der Waals surface area contributed by atoms with Crippen LogP contribution in [0.25, 0.3) is 0 Å². The number of esters is 1. The molecule has 3 aromatic carbocycles. The van der Waals surface area contributed by atoms with Gasteiger partial charge in [-0.25, -0.2) is 0 Å². The van der Waals surface area contributed by atoms with E-state index in [1.807, 2.05) is 24.3 Å². The molecule has 1 unspecified atom stereocenters. The first-order chi connectivity index (χ1) is 23.5. The number of benzene rings is 3. The average molecular weight is 711 g/mol. The molecule has 0 spiro atoms. The van der Waals surface area contributed by atoms with Gasteiger partial charge in [0.05, 0.1) is 27.9 Å². The molecule has 3 aromatic rings. The number of hydrogen-bond acceptors (Lipinski definition) is 8. The number of hydrogen-bond donors (Lipinski definition) is 0. The highest BCUT2D eigenvalue weighted by atomic mass is 31.2. The van der Waals surface area contributed by atoms with Crippen LogP contribution in [0.4, 0.5) is 0 Å². The summed E-state index contributed by atoms with van der Waals surface area (Å²) in [7, 11) is 0.733. The number of carbonyl (C=O) groups excluding carboxylic acids is 1. The van der Waals surface area contributed by atoms with Crippen LogP contribution in [0.5, 0.6) is 11.5 Å². The number of methoxy groups -OCH3 is 3. The smallest absolute Gasteiger partial charge is 0.344 e. The van der Waals surface area contributed by atoms with Crippen LogP contribution >= 0.6 is 7.60 Å². The summed E-state index contributed by atoms with van der Waals surface area (Å²) in [5.41, 5.74) is 0.893. The molecule has 0 fully saturated rings. The highest BCUT2D eigenvalue weighted by molar-refractivity contribution is 7.55. The van der Waals surface area contributed by atoms with E-state index in [1.54, 1.807) is 14.2 Å². The summed E-state index contributed by atoms with van der Waals surface area (Å²) < 4.78 is 47.5. The van der Waals surface area contributed by atoms with Crippen molar-refractivity contribution in [2.45, 2.75) is 83.0 Å². The van der Waals surface area contributed by atoms with Gasteiger partial charge in [-0.05, 0) is 58.3 Å². The van der Waals surface area contributed by atoms with E-state index < -0.39 is 27.5 Å². The monoisotopic (exact) mass is 710 g/mol. The fourth-order valence-corrected chi connectivity index (χ4v) is 12.5. The lowest BCUT2D eigenvalue weighted by Crippen LogP contribution is -2.66. The number of rotatable bonds is 19. The van der Waals surface area contributed by atoms with Crippen LogP contribution in [0.1, 0.15) is 76.8 Å². The Hall–Kier alpha value is -3.20. The Labute approximate surface area is 294 Å². The van der Waals surface area contributed by atoms with E-state index in [0.717, 1.165) is 41.9 Å². The van der Waals surface area contributed by atoms with E-state index in [-0.39, 0.29) is 17.4 Å². The van der Waals surface area contributed by atoms with Crippen LogP contribution in [0, 0.1) is 0 Å². The van der Waals surface area contributed by atoms with Crippen molar-refractivity contribution >= 4 is 32.3 Å². The zero-order chi connectivity index (χ0) is 36.1. The first kappa shape index (κ1) is 40.2. The predicted octanol–water partition coefficient (Wildman–Crippen LogP) is 8.42. The molecule has 0 heterocycles. The minimum absolute atomic E-state index is 0.0704. The molecule has 268 valence electrons. The third-order valence-electron chi connectivity index (χ3n) is 9.10. The van der Waals surface area contributed by atoms with Gasteiger partial charge in [-0.3, -0.25) is 9.36 Å². The second-order valence-corrected chi connectivity index (χ2v) is 19.8. The van der Waals surface area contributed by atoms with E-state index >= 15 is 0 Å². The number of ether oxygens (including phenoxy) is 3. The van der Waals surface area contributed by atoms with Crippen molar-refractivity contribution in [3.05, 3.63) is 96.1 Å². The topological polar surface area (TPSA) is 89.5 Å². The normalized spacial score (nSPS) is 13.7. The van der Waals surface area contributed by atoms with E-state index in [4.69, 9.17) is 27.7 Å². The van der Waals surface area contributed by atoms with E-state index in [2.05, 4.69) is 88.4 Å². The fraction of sp³-hybridized carbons (Fsp3) is 0.462. The van der Waals surface area contributed by atoms with Gasteiger partial charge < -0.3 is 27.7 Å². The van der Waals surface area contributed by atoms with Gasteiger partial charge in [-0.15, -0.1) is 0 Å². The molecule has 10 heteroatoms. The van der Waals surface area contributed by atoms with Crippen molar-refractivity contribution in [2.24, 2.45) is 0 Å². The SMILES string of the molecule is CCCC[C@@H](C/C=C/CC(C(=O)OC)P(=O)(OC)OC)c1c(OC)cc(CO[Si](c2ccccc2)(c2ccccc2)C(C)(C)C)cc1OC. The predicted molar refractivity (Wildman–Crippen MR) is 200 cm³/mol. The van der Waals surface area contributed by atoms with Gasteiger partial charge in [0, 0.05) is 19.8 Å². The average Bonchev–Trinajstić information content (AvgIpc) is 3.12. The van der Waals surface area contributed by atoms with Crippen molar-refractivity contribution in [2.75, 3.05) is 35.5 Å². The summed E-state index contributed by atoms with van der Waals surface area (Å²) in [6, 6.07) is 25.3. The van der Waals surface area contributed by atoms with Crippen molar-refractivity contribution in [1.82, 2.24) is 0 Å². The summed E-state index contributed by atoms with van der Waals surface area (Å²) in [6.45, 7) is 9.36. The summed E-state index contributed by atoms with van der Waals surface area (Å²) in [5, 5.41) is 2.28. The third-order valence-corrected chi connectivity index (χ3v) is 16.3. The van der Waals surface area contributed by atoms with Crippen LogP contribution in [0.3, 0.4) is 0 Å². The fourth-order valence-electron chi connectivity index (χ4n) is 6.57. The maximum Gasteiger partial charge on any atom is 0.344 e. The Bertz CT molecular complexity index is 1470. The van der Waals surface area contributed by atoms with Gasteiger partial charge in [-0.1, -0.05) is 113 Å². The maximum atomic E-state index is 13.1. The Morgan fingerprint density at radius 2 is 1.33 bits per heavy atom. The van der Waals surface area contributed by atoms with Gasteiger partial charge >= 0.3 is 13.6 Å². The molecule has 0 saturated heterocycles. The third kappa shape index (κ3) is 9.53. The molecule has 0 aliphatic rings. The molecule has 0 N–H and O–H groups in total. The number of carbonyl (C=O) groups is 1. The summed E-state index contributed by atoms with van der Waals surface area (Å²) in [4.78, 5) is 12.5. The lowest BCUT2D eigenvalue weighted by molar-refractivity contribution is -0.140. The second-order valence-electron chi connectivity index (χ2n) is 13.1. The lowest BCUT2D eigenvalue weighted by atomic mass is 9.88. The molecular formula is C39H55O8PSi. The van der Waals surface area contributed by atoms with Crippen LogP contribution in [-0.2, 0) is 34.2 Å². The quantitative estimate of drug-likeness (QED) is 0.0531. The lowest BCUT2D eigenvalue weighted by Gasteiger charge is -2.43. The molecule has 2 atom stereocenters. The number of allylic oxidation sites excluding steroid dienone is 2. The molecule has 49 heavy (non-hydrogen) atoms. The van der Waals surface area contributed by atoms with Gasteiger partial charge in [0.2, 0.25) is 0 Å². The molecule has 0 amide bonds.